The van der Waals surface area contributed by atoms with Crippen LogP contribution in [0.3, 0.4) is 0 Å². The molecule has 0 aliphatic carbocycles. The molecule has 2 aromatic carbocycles. The van der Waals surface area contributed by atoms with Gasteiger partial charge in [-0.2, -0.15) is 5.10 Å². The maximum absolute atomic E-state index is 13.9. The summed E-state index contributed by atoms with van der Waals surface area (Å²) in [6, 6.07) is 12.4. The number of rotatable bonds is 8. The van der Waals surface area contributed by atoms with Crippen molar-refractivity contribution in [3.63, 3.8) is 0 Å². The first kappa shape index (κ1) is 25.6. The Morgan fingerprint density at radius 1 is 1.13 bits per heavy atom. The fourth-order valence-corrected chi connectivity index (χ4v) is 4.71. The van der Waals surface area contributed by atoms with Crippen molar-refractivity contribution >= 4 is 17.1 Å². The van der Waals surface area contributed by atoms with Crippen molar-refractivity contribution in [3.05, 3.63) is 102 Å². The molecule has 0 atom stereocenters. The third kappa shape index (κ3) is 5.74. The average Bonchev–Trinajstić information content (AvgIpc) is 3.58. The van der Waals surface area contributed by atoms with E-state index in [9.17, 15) is 4.39 Å². The monoisotopic (exact) mass is 508 g/mol. The largest absolute Gasteiger partial charge is 0.337 e. The van der Waals surface area contributed by atoms with Gasteiger partial charge in [0.2, 0.25) is 0 Å². The third-order valence-corrected chi connectivity index (χ3v) is 6.95. The Labute approximate surface area is 222 Å². The molecule has 1 aliphatic rings. The molecule has 0 amide bonds. The molecule has 194 valence electrons. The van der Waals surface area contributed by atoms with Crippen molar-refractivity contribution in [2.75, 3.05) is 39.8 Å². The summed E-state index contributed by atoms with van der Waals surface area (Å²) in [6.07, 6.45) is 12.2. The number of hydrogen-bond acceptors (Lipinski definition) is 4. The van der Waals surface area contributed by atoms with Gasteiger partial charge in [0.05, 0.1) is 11.0 Å². The van der Waals surface area contributed by atoms with Crippen LogP contribution in [0.4, 0.5) is 4.39 Å². The number of halogens is 1. The van der Waals surface area contributed by atoms with Crippen LogP contribution in [0.25, 0.3) is 39.8 Å². The van der Waals surface area contributed by atoms with Gasteiger partial charge in [0.15, 0.2) is 5.82 Å². The number of H-pyrrole nitrogens is 2. The molecule has 1 aliphatic heterocycles. The Balaban J connectivity index is 1.38. The SMILES string of the molecule is C=C\C(=C/C(=C\C)/C=C/c1c[nH]nc1-c1nc2c(-c3cccc(F)c3)cccc2[nH]1)CN1CCN(C)CC1. The van der Waals surface area contributed by atoms with Crippen molar-refractivity contribution < 1.29 is 4.39 Å². The van der Waals surface area contributed by atoms with Gasteiger partial charge in [0.25, 0.3) is 0 Å². The fraction of sp³-hybridized carbons (Fsp3) is 0.226. The van der Waals surface area contributed by atoms with Gasteiger partial charge in [-0.15, -0.1) is 0 Å². The van der Waals surface area contributed by atoms with Gasteiger partial charge in [-0.3, -0.25) is 10.00 Å². The summed E-state index contributed by atoms with van der Waals surface area (Å²) in [7, 11) is 2.17. The molecule has 1 fully saturated rings. The Morgan fingerprint density at radius 3 is 2.71 bits per heavy atom. The normalized spacial score (nSPS) is 16.1. The van der Waals surface area contributed by atoms with Crippen LogP contribution >= 0.6 is 0 Å². The predicted octanol–water partition coefficient (Wildman–Crippen LogP) is 6.08. The molecule has 0 bridgehead atoms. The molecule has 0 saturated carbocycles. The molecule has 1 saturated heterocycles. The van der Waals surface area contributed by atoms with Gasteiger partial charge in [-0.25, -0.2) is 9.37 Å². The molecular formula is C31H33FN6. The number of nitrogens with one attached hydrogen (secondary N) is 2. The van der Waals surface area contributed by atoms with E-state index in [1.165, 1.54) is 17.7 Å². The van der Waals surface area contributed by atoms with E-state index in [-0.39, 0.29) is 5.82 Å². The molecular weight excluding hydrogens is 475 g/mol. The molecule has 0 radical (unpaired) electrons. The van der Waals surface area contributed by atoms with Crippen molar-refractivity contribution in [2.45, 2.75) is 6.92 Å². The van der Waals surface area contributed by atoms with Crippen LogP contribution < -0.4 is 0 Å². The lowest BCUT2D eigenvalue weighted by Crippen LogP contribution is -2.44. The highest BCUT2D eigenvalue weighted by atomic mass is 19.1. The van der Waals surface area contributed by atoms with Gasteiger partial charge in [0.1, 0.15) is 11.5 Å². The number of fused-ring (bicyclic) bond motifs is 1. The van der Waals surface area contributed by atoms with E-state index in [0.29, 0.717) is 5.82 Å². The highest BCUT2D eigenvalue weighted by Crippen LogP contribution is 2.30. The highest BCUT2D eigenvalue weighted by Gasteiger charge is 2.16. The summed E-state index contributed by atoms with van der Waals surface area (Å²) in [6.45, 7) is 11.3. The second kappa shape index (κ2) is 11.5. The topological polar surface area (TPSA) is 63.8 Å². The second-order valence-electron chi connectivity index (χ2n) is 9.61. The number of aromatic amines is 2. The zero-order valence-corrected chi connectivity index (χ0v) is 21.9. The standard InChI is InChI=1S/C31H33FN6/c1-4-22(18-23(5-2)21-38-16-14-37(3)15-17-38)12-13-25-20-33-36-29(25)31-34-28-11-7-10-27(30(28)35-31)24-8-6-9-26(32)19-24/h4-13,18-20H,2,14-17,21H2,1,3H3,(H,33,36)(H,34,35)/b13-12+,22-4-,23-18+. The molecule has 6 nitrogen and oxygen atoms in total. The summed E-state index contributed by atoms with van der Waals surface area (Å²) >= 11 is 0. The molecule has 2 aromatic heterocycles. The molecule has 2 N–H and O–H groups in total. The van der Waals surface area contributed by atoms with Crippen molar-refractivity contribution in [3.8, 4) is 22.6 Å². The fourth-order valence-electron chi connectivity index (χ4n) is 4.71. The van der Waals surface area contributed by atoms with Gasteiger partial charge < -0.3 is 9.88 Å². The number of imidazole rings is 1. The van der Waals surface area contributed by atoms with E-state index in [1.807, 2.05) is 49.5 Å². The smallest absolute Gasteiger partial charge is 0.159 e. The molecule has 0 unspecified atom stereocenters. The lowest BCUT2D eigenvalue weighted by Gasteiger charge is -2.32. The van der Waals surface area contributed by atoms with Crippen LogP contribution in [0.2, 0.25) is 0 Å². The zero-order chi connectivity index (χ0) is 26.5. The molecule has 0 spiro atoms. The van der Waals surface area contributed by atoms with Crippen molar-refractivity contribution in [2.24, 2.45) is 0 Å². The first-order valence-electron chi connectivity index (χ1n) is 12.9. The summed E-state index contributed by atoms with van der Waals surface area (Å²) in [5, 5.41) is 7.44. The first-order chi connectivity index (χ1) is 18.5. The minimum absolute atomic E-state index is 0.271. The number of aromatic nitrogens is 4. The van der Waals surface area contributed by atoms with Gasteiger partial charge in [-0.1, -0.05) is 61.2 Å². The van der Waals surface area contributed by atoms with Crippen LogP contribution in [0.1, 0.15) is 12.5 Å². The summed E-state index contributed by atoms with van der Waals surface area (Å²) in [5.41, 5.74) is 7.25. The average molecular weight is 509 g/mol. The van der Waals surface area contributed by atoms with Crippen LogP contribution in [-0.2, 0) is 0 Å². The molecule has 5 rings (SSSR count). The number of nitrogens with zero attached hydrogens (tertiary/aromatic N) is 4. The van der Waals surface area contributed by atoms with Gasteiger partial charge in [-0.05, 0) is 48.9 Å². The van der Waals surface area contributed by atoms with Gasteiger partial charge >= 0.3 is 0 Å². The Hall–Kier alpha value is -4.07. The van der Waals surface area contributed by atoms with Gasteiger partial charge in [0, 0.05) is 50.0 Å². The lowest BCUT2D eigenvalue weighted by atomic mass is 10.0. The summed E-state index contributed by atoms with van der Waals surface area (Å²) < 4.78 is 13.9. The van der Waals surface area contributed by atoms with Crippen LogP contribution in [0.5, 0.6) is 0 Å². The van der Waals surface area contributed by atoms with E-state index >= 15 is 0 Å². The predicted molar refractivity (Wildman–Crippen MR) is 154 cm³/mol. The Bertz CT molecular complexity index is 1510. The lowest BCUT2D eigenvalue weighted by molar-refractivity contribution is 0.165. The maximum atomic E-state index is 13.9. The molecule has 4 aromatic rings. The summed E-state index contributed by atoms with van der Waals surface area (Å²) in [5.74, 6) is 0.385. The van der Waals surface area contributed by atoms with E-state index in [1.54, 1.807) is 6.07 Å². The van der Waals surface area contributed by atoms with Crippen LogP contribution in [0, 0.1) is 5.82 Å². The highest BCUT2D eigenvalue weighted by molar-refractivity contribution is 5.93. The van der Waals surface area contributed by atoms with E-state index < -0.39 is 0 Å². The van der Waals surface area contributed by atoms with E-state index in [4.69, 9.17) is 4.98 Å². The number of allylic oxidation sites excluding steroid dienone is 4. The second-order valence-corrected chi connectivity index (χ2v) is 9.61. The molecule has 38 heavy (non-hydrogen) atoms. The minimum Gasteiger partial charge on any atom is -0.337 e. The number of piperazine rings is 1. The van der Waals surface area contributed by atoms with Crippen molar-refractivity contribution in [1.29, 1.82) is 0 Å². The quantitative estimate of drug-likeness (QED) is 0.283. The van der Waals surface area contributed by atoms with E-state index in [2.05, 4.69) is 56.8 Å². The third-order valence-electron chi connectivity index (χ3n) is 6.95. The van der Waals surface area contributed by atoms with Crippen molar-refractivity contribution in [1.82, 2.24) is 30.0 Å². The Kier molecular flexibility index (Phi) is 7.77. The Morgan fingerprint density at radius 2 is 1.95 bits per heavy atom. The zero-order valence-electron chi connectivity index (χ0n) is 21.9. The molecule has 7 heteroatoms. The summed E-state index contributed by atoms with van der Waals surface area (Å²) in [4.78, 5) is 13.1. The number of para-hydroxylation sites is 1. The maximum Gasteiger partial charge on any atom is 0.159 e. The number of benzene rings is 2. The molecule has 3 heterocycles. The minimum atomic E-state index is -0.271. The number of hydrogen-bond donors (Lipinski definition) is 2. The van der Waals surface area contributed by atoms with Crippen LogP contribution in [-0.4, -0.2) is 69.7 Å². The van der Waals surface area contributed by atoms with Crippen LogP contribution in [0.15, 0.2) is 90.7 Å². The number of likely N-dealkylation sites (N-methyl/N-ethyl adjacent to an activating group) is 1. The first-order valence-corrected chi connectivity index (χ1v) is 12.9. The van der Waals surface area contributed by atoms with E-state index in [0.717, 1.165) is 71.7 Å².